The molecule has 0 unspecified atom stereocenters. The van der Waals surface area contributed by atoms with Crippen LogP contribution < -0.4 is 14.8 Å². The molecule has 134 valence electrons. The highest BCUT2D eigenvalue weighted by Gasteiger charge is 2.19. The minimum atomic E-state index is -0.563. The van der Waals surface area contributed by atoms with Crippen molar-refractivity contribution in [3.8, 4) is 11.5 Å². The van der Waals surface area contributed by atoms with Gasteiger partial charge in [-0.25, -0.2) is 0 Å². The number of rotatable bonds is 7. The maximum absolute atomic E-state index is 12.6. The van der Waals surface area contributed by atoms with E-state index in [2.05, 4.69) is 11.4 Å². The molecule has 4 nitrogen and oxygen atoms in total. The number of fused-ring (bicyclic) bond motifs is 1. The summed E-state index contributed by atoms with van der Waals surface area (Å²) in [4.78, 5) is 12.6. The predicted molar refractivity (Wildman–Crippen MR) is 105 cm³/mol. The molecule has 0 fully saturated rings. The van der Waals surface area contributed by atoms with E-state index in [1.807, 2.05) is 74.5 Å². The quantitative estimate of drug-likeness (QED) is 0.650. The normalized spacial score (nSPS) is 11.8. The van der Waals surface area contributed by atoms with Gasteiger partial charge in [0.1, 0.15) is 11.5 Å². The third kappa shape index (κ3) is 4.33. The first-order chi connectivity index (χ1) is 12.7. The summed E-state index contributed by atoms with van der Waals surface area (Å²) < 4.78 is 11.4. The van der Waals surface area contributed by atoms with E-state index in [9.17, 15) is 4.79 Å². The maximum atomic E-state index is 12.6. The van der Waals surface area contributed by atoms with Gasteiger partial charge in [-0.2, -0.15) is 0 Å². The summed E-state index contributed by atoms with van der Waals surface area (Å²) in [6, 6.07) is 21.3. The molecule has 26 heavy (non-hydrogen) atoms. The maximum Gasteiger partial charge on any atom is 0.265 e. The van der Waals surface area contributed by atoms with E-state index in [-0.39, 0.29) is 5.91 Å². The van der Waals surface area contributed by atoms with E-state index in [0.717, 1.165) is 16.5 Å². The average Bonchev–Trinajstić information content (AvgIpc) is 2.66. The largest absolute Gasteiger partial charge is 0.494 e. The highest BCUT2D eigenvalue weighted by atomic mass is 16.5. The summed E-state index contributed by atoms with van der Waals surface area (Å²) in [5.41, 5.74) is 0.696. The van der Waals surface area contributed by atoms with Gasteiger partial charge in [0.05, 0.1) is 6.61 Å². The zero-order valence-corrected chi connectivity index (χ0v) is 15.1. The first kappa shape index (κ1) is 17.8. The monoisotopic (exact) mass is 349 g/mol. The first-order valence-electron chi connectivity index (χ1n) is 8.88. The van der Waals surface area contributed by atoms with Crippen molar-refractivity contribution in [2.24, 2.45) is 0 Å². The van der Waals surface area contributed by atoms with Crippen LogP contribution in [0.25, 0.3) is 10.8 Å². The first-order valence-corrected chi connectivity index (χ1v) is 8.88. The molecule has 0 saturated heterocycles. The van der Waals surface area contributed by atoms with Gasteiger partial charge in [-0.3, -0.25) is 4.79 Å². The molecule has 0 aliphatic carbocycles. The molecular weight excluding hydrogens is 326 g/mol. The second kappa shape index (κ2) is 8.39. The van der Waals surface area contributed by atoms with Crippen molar-refractivity contribution in [3.05, 3.63) is 66.7 Å². The predicted octanol–water partition coefficient (Wildman–Crippen LogP) is 5.03. The van der Waals surface area contributed by atoms with Crippen LogP contribution in [0.2, 0.25) is 0 Å². The van der Waals surface area contributed by atoms with Gasteiger partial charge in [0, 0.05) is 11.8 Å². The average molecular weight is 349 g/mol. The lowest BCUT2D eigenvalue weighted by atomic mass is 10.1. The summed E-state index contributed by atoms with van der Waals surface area (Å²) >= 11 is 0. The number of carbonyl (C=O) groups is 1. The summed E-state index contributed by atoms with van der Waals surface area (Å²) in [6.45, 7) is 4.44. The molecule has 0 spiro atoms. The molecule has 3 aromatic rings. The fourth-order valence-corrected chi connectivity index (χ4v) is 2.78. The Morgan fingerprint density at radius 3 is 2.50 bits per heavy atom. The second-order valence-corrected chi connectivity index (χ2v) is 5.97. The molecule has 0 aromatic heterocycles. The van der Waals surface area contributed by atoms with Gasteiger partial charge < -0.3 is 14.8 Å². The van der Waals surface area contributed by atoms with E-state index in [1.165, 1.54) is 0 Å². The summed E-state index contributed by atoms with van der Waals surface area (Å²) in [5.74, 6) is 1.25. The van der Waals surface area contributed by atoms with Crippen LogP contribution in [0.3, 0.4) is 0 Å². The van der Waals surface area contributed by atoms with Crippen molar-refractivity contribution in [1.29, 1.82) is 0 Å². The molecule has 1 amide bonds. The van der Waals surface area contributed by atoms with Crippen LogP contribution in [-0.2, 0) is 4.79 Å². The second-order valence-electron chi connectivity index (χ2n) is 5.97. The number of hydrogen-bond donors (Lipinski definition) is 1. The number of benzene rings is 3. The molecular formula is C22H23NO3. The molecule has 0 heterocycles. The zero-order chi connectivity index (χ0) is 18.4. The highest BCUT2D eigenvalue weighted by molar-refractivity contribution is 5.94. The smallest absolute Gasteiger partial charge is 0.265 e. The minimum Gasteiger partial charge on any atom is -0.494 e. The Morgan fingerprint density at radius 1 is 0.923 bits per heavy atom. The van der Waals surface area contributed by atoms with E-state index < -0.39 is 6.10 Å². The van der Waals surface area contributed by atoms with E-state index in [1.54, 1.807) is 0 Å². The lowest BCUT2D eigenvalue weighted by molar-refractivity contribution is -0.122. The topological polar surface area (TPSA) is 47.6 Å². The number of nitrogens with one attached hydrogen (secondary N) is 1. The van der Waals surface area contributed by atoms with Crippen LogP contribution in [-0.4, -0.2) is 18.6 Å². The van der Waals surface area contributed by atoms with Crippen LogP contribution in [0.15, 0.2) is 66.7 Å². The van der Waals surface area contributed by atoms with Crippen LogP contribution in [0, 0.1) is 0 Å². The SMILES string of the molecule is CCOc1cccc(NC(=O)[C@@H](CC)Oc2ccc3ccccc3c2)c1. The fourth-order valence-electron chi connectivity index (χ4n) is 2.78. The van der Waals surface area contributed by atoms with E-state index >= 15 is 0 Å². The molecule has 3 aromatic carbocycles. The Hall–Kier alpha value is -3.01. The fraction of sp³-hybridized carbons (Fsp3) is 0.227. The standard InChI is InChI=1S/C22H23NO3/c1-3-21(22(24)23-18-10-7-11-19(15-18)25-4-2)26-20-13-12-16-8-5-6-9-17(16)14-20/h5-15,21H,3-4H2,1-2H3,(H,23,24)/t21-/m1/s1. The lowest BCUT2D eigenvalue weighted by Crippen LogP contribution is -2.32. The third-order valence-corrected chi connectivity index (χ3v) is 4.08. The Kier molecular flexibility index (Phi) is 5.74. The lowest BCUT2D eigenvalue weighted by Gasteiger charge is -2.18. The van der Waals surface area contributed by atoms with Gasteiger partial charge in [0.2, 0.25) is 0 Å². The number of amides is 1. The highest BCUT2D eigenvalue weighted by Crippen LogP contribution is 2.23. The Morgan fingerprint density at radius 2 is 1.73 bits per heavy atom. The van der Waals surface area contributed by atoms with Gasteiger partial charge in [-0.15, -0.1) is 0 Å². The van der Waals surface area contributed by atoms with Gasteiger partial charge in [0.15, 0.2) is 6.10 Å². The molecule has 0 aliphatic rings. The van der Waals surface area contributed by atoms with Crippen molar-refractivity contribution in [3.63, 3.8) is 0 Å². The van der Waals surface area contributed by atoms with Gasteiger partial charge >= 0.3 is 0 Å². The zero-order valence-electron chi connectivity index (χ0n) is 15.1. The van der Waals surface area contributed by atoms with Crippen LogP contribution >= 0.6 is 0 Å². The molecule has 4 heteroatoms. The third-order valence-electron chi connectivity index (χ3n) is 4.08. The van der Waals surface area contributed by atoms with Crippen LogP contribution in [0.4, 0.5) is 5.69 Å². The molecule has 0 bridgehead atoms. The number of carbonyl (C=O) groups excluding carboxylic acids is 1. The van der Waals surface area contributed by atoms with E-state index in [4.69, 9.17) is 9.47 Å². The molecule has 0 radical (unpaired) electrons. The van der Waals surface area contributed by atoms with Crippen molar-refractivity contribution in [2.75, 3.05) is 11.9 Å². The molecule has 1 N–H and O–H groups in total. The Bertz CT molecular complexity index is 891. The molecule has 0 aliphatic heterocycles. The number of anilines is 1. The summed E-state index contributed by atoms with van der Waals surface area (Å²) in [5, 5.41) is 5.14. The van der Waals surface area contributed by atoms with Crippen molar-refractivity contribution in [1.82, 2.24) is 0 Å². The Balaban J connectivity index is 1.70. The van der Waals surface area contributed by atoms with Crippen molar-refractivity contribution >= 4 is 22.4 Å². The number of ether oxygens (including phenoxy) is 2. The van der Waals surface area contributed by atoms with Gasteiger partial charge in [-0.05, 0) is 48.4 Å². The Labute approximate surface area is 153 Å². The van der Waals surface area contributed by atoms with Crippen molar-refractivity contribution < 1.29 is 14.3 Å². The minimum absolute atomic E-state index is 0.172. The number of hydrogen-bond acceptors (Lipinski definition) is 3. The van der Waals surface area contributed by atoms with E-state index in [0.29, 0.717) is 24.5 Å². The molecule has 3 rings (SSSR count). The van der Waals surface area contributed by atoms with Crippen LogP contribution in [0.1, 0.15) is 20.3 Å². The van der Waals surface area contributed by atoms with Crippen molar-refractivity contribution in [2.45, 2.75) is 26.4 Å². The molecule has 0 saturated carbocycles. The van der Waals surface area contributed by atoms with Gasteiger partial charge in [-0.1, -0.05) is 43.3 Å². The van der Waals surface area contributed by atoms with Gasteiger partial charge in [0.25, 0.3) is 5.91 Å². The summed E-state index contributed by atoms with van der Waals surface area (Å²) in [6.07, 6.45) is 0.0102. The van der Waals surface area contributed by atoms with Crippen LogP contribution in [0.5, 0.6) is 11.5 Å². The molecule has 1 atom stereocenters. The summed E-state index contributed by atoms with van der Waals surface area (Å²) in [7, 11) is 0.